The van der Waals surface area contributed by atoms with Gasteiger partial charge in [-0.25, -0.2) is 0 Å². The number of amides is 2. The molecule has 6 heteroatoms. The van der Waals surface area contributed by atoms with Crippen LogP contribution >= 0.6 is 0 Å². The molecule has 170 valence electrons. The van der Waals surface area contributed by atoms with Gasteiger partial charge in [-0.15, -0.1) is 0 Å². The summed E-state index contributed by atoms with van der Waals surface area (Å²) in [5, 5.41) is 6.03. The van der Waals surface area contributed by atoms with Crippen LogP contribution in [-0.2, 0) is 22.4 Å². The van der Waals surface area contributed by atoms with Gasteiger partial charge in [-0.05, 0) is 69.3 Å². The average molecular weight is 427 g/mol. The Bertz CT molecular complexity index is 720. The van der Waals surface area contributed by atoms with Crippen molar-refractivity contribution in [3.05, 3.63) is 35.4 Å². The number of piperazine rings is 1. The predicted octanol–water partition coefficient (Wildman–Crippen LogP) is 2.12. The fourth-order valence-electron chi connectivity index (χ4n) is 5.45. The highest BCUT2D eigenvalue weighted by molar-refractivity contribution is 5.88. The first-order valence-electron chi connectivity index (χ1n) is 12.3. The number of nitrogens with one attached hydrogen (secondary N) is 2. The third-order valence-electron chi connectivity index (χ3n) is 7.17. The number of benzene rings is 1. The summed E-state index contributed by atoms with van der Waals surface area (Å²) < 4.78 is 0. The molecule has 1 aliphatic carbocycles. The van der Waals surface area contributed by atoms with E-state index in [1.807, 2.05) is 0 Å². The average Bonchev–Trinajstić information content (AvgIpc) is 3.03. The Morgan fingerprint density at radius 3 is 2.42 bits per heavy atom. The number of hydrogen-bond acceptors (Lipinski definition) is 4. The van der Waals surface area contributed by atoms with Gasteiger partial charge in [0.05, 0.1) is 12.5 Å². The third-order valence-corrected chi connectivity index (χ3v) is 7.17. The van der Waals surface area contributed by atoms with E-state index >= 15 is 0 Å². The number of rotatable bonds is 8. The molecule has 1 aromatic carbocycles. The standard InChI is InChI=1S/C25H38N4O2/c30-24(26-11-5-8-15-28-13-6-1-2-7-14-28)19-23-25(31)27-12-16-29(23)22-17-20-9-3-4-10-21(20)18-22/h3-4,9-10,22-23H,1-2,5-8,11-19H2,(H,26,30)(H,27,31)/t23-/m1/s1. The molecule has 3 aliphatic rings. The van der Waals surface area contributed by atoms with E-state index in [-0.39, 0.29) is 24.3 Å². The van der Waals surface area contributed by atoms with Crippen LogP contribution in [0, 0.1) is 0 Å². The van der Waals surface area contributed by atoms with Gasteiger partial charge in [-0.3, -0.25) is 14.5 Å². The lowest BCUT2D eigenvalue weighted by Gasteiger charge is -2.38. The Kier molecular flexibility index (Phi) is 7.97. The van der Waals surface area contributed by atoms with Crippen molar-refractivity contribution in [3.63, 3.8) is 0 Å². The molecule has 0 aromatic heterocycles. The SMILES string of the molecule is O=C(C[C@@H]1C(=O)NCCN1C1Cc2ccccc2C1)NCCCCN1CCCCCC1. The number of unbranched alkanes of at least 4 members (excludes halogenated alkanes) is 1. The van der Waals surface area contributed by atoms with Crippen LogP contribution in [0.25, 0.3) is 0 Å². The van der Waals surface area contributed by atoms with Gasteiger partial charge in [0.25, 0.3) is 0 Å². The Balaban J connectivity index is 1.21. The molecule has 2 fully saturated rings. The van der Waals surface area contributed by atoms with E-state index in [0.29, 0.717) is 19.1 Å². The molecule has 1 aromatic rings. The molecular weight excluding hydrogens is 388 g/mol. The second-order valence-electron chi connectivity index (χ2n) is 9.39. The van der Waals surface area contributed by atoms with Gasteiger partial charge in [0.1, 0.15) is 0 Å². The van der Waals surface area contributed by atoms with Crippen LogP contribution < -0.4 is 10.6 Å². The normalized spacial score (nSPS) is 23.2. The van der Waals surface area contributed by atoms with Crippen molar-refractivity contribution in [1.29, 1.82) is 0 Å². The lowest BCUT2D eigenvalue weighted by molar-refractivity contribution is -0.135. The molecule has 0 bridgehead atoms. The molecule has 0 saturated carbocycles. The maximum atomic E-state index is 12.6. The first-order valence-corrected chi connectivity index (χ1v) is 12.3. The molecule has 2 N–H and O–H groups in total. The molecule has 0 radical (unpaired) electrons. The van der Waals surface area contributed by atoms with Crippen molar-refractivity contribution in [2.75, 3.05) is 39.3 Å². The number of nitrogens with zero attached hydrogens (tertiary/aromatic N) is 2. The topological polar surface area (TPSA) is 64.7 Å². The highest BCUT2D eigenvalue weighted by Gasteiger charge is 2.37. The highest BCUT2D eigenvalue weighted by atomic mass is 16.2. The van der Waals surface area contributed by atoms with E-state index in [2.05, 4.69) is 44.7 Å². The van der Waals surface area contributed by atoms with Crippen molar-refractivity contribution in [2.24, 2.45) is 0 Å². The summed E-state index contributed by atoms with van der Waals surface area (Å²) in [6.07, 6.45) is 9.69. The van der Waals surface area contributed by atoms with Gasteiger partial charge >= 0.3 is 0 Å². The number of fused-ring (bicyclic) bond motifs is 1. The second kappa shape index (κ2) is 11.1. The predicted molar refractivity (Wildman–Crippen MR) is 123 cm³/mol. The zero-order valence-corrected chi connectivity index (χ0v) is 18.8. The van der Waals surface area contributed by atoms with E-state index in [9.17, 15) is 9.59 Å². The van der Waals surface area contributed by atoms with E-state index in [1.54, 1.807) is 0 Å². The summed E-state index contributed by atoms with van der Waals surface area (Å²) in [7, 11) is 0. The monoisotopic (exact) mass is 426 g/mol. The van der Waals surface area contributed by atoms with Gasteiger partial charge < -0.3 is 15.5 Å². The fourth-order valence-corrected chi connectivity index (χ4v) is 5.45. The van der Waals surface area contributed by atoms with Crippen LogP contribution in [0.15, 0.2) is 24.3 Å². The minimum atomic E-state index is -0.356. The Morgan fingerprint density at radius 2 is 1.71 bits per heavy atom. The number of carbonyl (C=O) groups excluding carboxylic acids is 2. The van der Waals surface area contributed by atoms with E-state index in [0.717, 1.165) is 38.8 Å². The Hall–Kier alpha value is -1.92. The number of carbonyl (C=O) groups is 2. The Morgan fingerprint density at radius 1 is 1.00 bits per heavy atom. The summed E-state index contributed by atoms with van der Waals surface area (Å²) in [6.45, 7) is 5.78. The minimum absolute atomic E-state index is 0.00137. The molecule has 2 saturated heterocycles. The molecule has 2 heterocycles. The minimum Gasteiger partial charge on any atom is -0.356 e. The molecule has 0 unspecified atom stereocenters. The maximum Gasteiger partial charge on any atom is 0.237 e. The molecule has 2 aliphatic heterocycles. The number of hydrogen-bond donors (Lipinski definition) is 2. The first-order chi connectivity index (χ1) is 15.2. The molecule has 4 rings (SSSR count). The lowest BCUT2D eigenvalue weighted by Crippen LogP contribution is -2.59. The lowest BCUT2D eigenvalue weighted by atomic mass is 10.0. The van der Waals surface area contributed by atoms with Gasteiger partial charge in [-0.2, -0.15) is 0 Å². The molecule has 6 nitrogen and oxygen atoms in total. The van der Waals surface area contributed by atoms with Crippen molar-refractivity contribution in [2.45, 2.75) is 69.9 Å². The van der Waals surface area contributed by atoms with Crippen molar-refractivity contribution < 1.29 is 9.59 Å². The molecule has 31 heavy (non-hydrogen) atoms. The smallest absolute Gasteiger partial charge is 0.237 e. The van der Waals surface area contributed by atoms with Gasteiger partial charge in [0, 0.05) is 25.7 Å². The molecular formula is C25H38N4O2. The quantitative estimate of drug-likeness (QED) is 0.625. The van der Waals surface area contributed by atoms with Gasteiger partial charge in [0.2, 0.25) is 11.8 Å². The molecule has 1 atom stereocenters. The second-order valence-corrected chi connectivity index (χ2v) is 9.39. The van der Waals surface area contributed by atoms with Crippen LogP contribution in [0.1, 0.15) is 56.1 Å². The highest BCUT2D eigenvalue weighted by Crippen LogP contribution is 2.28. The molecule has 0 spiro atoms. The van der Waals surface area contributed by atoms with Crippen molar-refractivity contribution in [1.82, 2.24) is 20.4 Å². The van der Waals surface area contributed by atoms with Crippen LogP contribution in [0.3, 0.4) is 0 Å². The van der Waals surface area contributed by atoms with Crippen LogP contribution in [0.5, 0.6) is 0 Å². The summed E-state index contributed by atoms with van der Waals surface area (Å²) in [5.74, 6) is -0.00384. The Labute approximate surface area is 186 Å². The fraction of sp³-hybridized carbons (Fsp3) is 0.680. The first kappa shape index (κ1) is 22.3. The zero-order valence-electron chi connectivity index (χ0n) is 18.8. The van der Waals surface area contributed by atoms with Crippen molar-refractivity contribution in [3.8, 4) is 0 Å². The molecule has 2 amide bonds. The van der Waals surface area contributed by atoms with Crippen LogP contribution in [0.2, 0.25) is 0 Å². The third kappa shape index (κ3) is 6.07. The van der Waals surface area contributed by atoms with Crippen LogP contribution in [-0.4, -0.2) is 73.0 Å². The summed E-state index contributed by atoms with van der Waals surface area (Å²) in [6, 6.07) is 8.50. The summed E-state index contributed by atoms with van der Waals surface area (Å²) in [5.41, 5.74) is 2.76. The maximum absolute atomic E-state index is 12.6. The van der Waals surface area contributed by atoms with E-state index in [4.69, 9.17) is 0 Å². The van der Waals surface area contributed by atoms with E-state index < -0.39 is 0 Å². The largest absolute Gasteiger partial charge is 0.356 e. The van der Waals surface area contributed by atoms with E-state index in [1.165, 1.54) is 49.9 Å². The zero-order chi connectivity index (χ0) is 21.5. The van der Waals surface area contributed by atoms with Gasteiger partial charge in [-0.1, -0.05) is 37.1 Å². The summed E-state index contributed by atoms with van der Waals surface area (Å²) in [4.78, 5) is 30.1. The number of likely N-dealkylation sites (tertiary alicyclic amines) is 1. The van der Waals surface area contributed by atoms with Gasteiger partial charge in [0.15, 0.2) is 0 Å². The summed E-state index contributed by atoms with van der Waals surface area (Å²) >= 11 is 0. The van der Waals surface area contributed by atoms with Crippen molar-refractivity contribution >= 4 is 11.8 Å². The van der Waals surface area contributed by atoms with Crippen LogP contribution in [0.4, 0.5) is 0 Å².